The van der Waals surface area contributed by atoms with E-state index in [0.717, 1.165) is 11.1 Å². The molecule has 0 saturated heterocycles. The van der Waals surface area contributed by atoms with E-state index in [-0.39, 0.29) is 12.3 Å². The van der Waals surface area contributed by atoms with Gasteiger partial charge in [-0.1, -0.05) is 72.8 Å². The zero-order chi connectivity index (χ0) is 21.5. The van der Waals surface area contributed by atoms with Gasteiger partial charge in [-0.05, 0) is 23.3 Å². The van der Waals surface area contributed by atoms with Gasteiger partial charge in [-0.25, -0.2) is 0 Å². The molecule has 2 aromatic carbocycles. The number of carbonyl (C=O) groups is 1. The highest BCUT2D eigenvalue weighted by atomic mass is 16.3. The number of rotatable bonds is 7. The first-order chi connectivity index (χ1) is 15.2. The van der Waals surface area contributed by atoms with Crippen LogP contribution in [0.3, 0.4) is 0 Å². The molecule has 0 radical (unpaired) electrons. The van der Waals surface area contributed by atoms with E-state index in [1.807, 2.05) is 60.7 Å². The molecule has 154 valence electrons. The highest BCUT2D eigenvalue weighted by molar-refractivity contribution is 5.79. The third-order valence-electron chi connectivity index (χ3n) is 5.27. The molecule has 0 aliphatic rings. The van der Waals surface area contributed by atoms with Gasteiger partial charge in [-0.15, -0.1) is 0 Å². The molecule has 1 unspecified atom stereocenters. The molecule has 0 aliphatic carbocycles. The molecule has 4 aromatic rings. The standard InChI is InChI=1S/C26H23N3O2/c30-24(17-20-9-3-1-4-10-20)29-25(21-11-5-2-6-12-21)26(31,22-13-7-15-27-18-22)23-14-8-16-28-19-23/h1-16,18-19,25,31H,17H2,(H,29,30). The lowest BCUT2D eigenvalue weighted by Gasteiger charge is -2.37. The fraction of sp³-hybridized carbons (Fsp3) is 0.115. The molecule has 4 rings (SSSR count). The monoisotopic (exact) mass is 409 g/mol. The summed E-state index contributed by atoms with van der Waals surface area (Å²) in [6.07, 6.45) is 6.75. The molecule has 1 amide bonds. The molecule has 5 heteroatoms. The molecular weight excluding hydrogens is 386 g/mol. The molecule has 2 aromatic heterocycles. The summed E-state index contributed by atoms with van der Waals surface area (Å²) in [5, 5.41) is 15.3. The summed E-state index contributed by atoms with van der Waals surface area (Å²) in [6, 6.07) is 25.4. The summed E-state index contributed by atoms with van der Waals surface area (Å²) in [5.41, 5.74) is 1.24. The Bertz CT molecular complexity index is 1060. The third-order valence-corrected chi connectivity index (χ3v) is 5.27. The highest BCUT2D eigenvalue weighted by Gasteiger charge is 2.42. The van der Waals surface area contributed by atoms with Crippen LogP contribution in [0.25, 0.3) is 0 Å². The Labute approximate surface area is 181 Å². The molecule has 2 heterocycles. The van der Waals surface area contributed by atoms with Gasteiger partial charge in [0, 0.05) is 35.9 Å². The van der Waals surface area contributed by atoms with Crippen molar-refractivity contribution in [1.29, 1.82) is 0 Å². The number of nitrogens with one attached hydrogen (secondary N) is 1. The Morgan fingerprint density at radius 1 is 0.806 bits per heavy atom. The number of hydrogen-bond acceptors (Lipinski definition) is 4. The predicted molar refractivity (Wildman–Crippen MR) is 119 cm³/mol. The number of pyridine rings is 2. The number of aliphatic hydroxyl groups is 1. The fourth-order valence-electron chi connectivity index (χ4n) is 3.74. The number of carbonyl (C=O) groups excluding carboxylic acids is 1. The van der Waals surface area contributed by atoms with E-state index in [2.05, 4.69) is 15.3 Å². The van der Waals surface area contributed by atoms with Crippen LogP contribution in [-0.2, 0) is 16.8 Å². The van der Waals surface area contributed by atoms with Crippen LogP contribution in [0.4, 0.5) is 0 Å². The molecule has 0 aliphatic heterocycles. The molecule has 31 heavy (non-hydrogen) atoms. The van der Waals surface area contributed by atoms with Crippen molar-refractivity contribution in [1.82, 2.24) is 15.3 Å². The van der Waals surface area contributed by atoms with Crippen molar-refractivity contribution >= 4 is 5.91 Å². The Morgan fingerprint density at radius 2 is 1.35 bits per heavy atom. The van der Waals surface area contributed by atoms with Crippen LogP contribution in [0.2, 0.25) is 0 Å². The molecule has 2 N–H and O–H groups in total. The minimum absolute atomic E-state index is 0.189. The lowest BCUT2D eigenvalue weighted by molar-refractivity contribution is -0.123. The zero-order valence-electron chi connectivity index (χ0n) is 16.9. The maximum Gasteiger partial charge on any atom is 0.225 e. The first kappa shape index (κ1) is 20.4. The van der Waals surface area contributed by atoms with Crippen LogP contribution in [0.15, 0.2) is 110 Å². The lowest BCUT2D eigenvalue weighted by atomic mass is 9.78. The van der Waals surface area contributed by atoms with Gasteiger partial charge in [0.2, 0.25) is 5.91 Å². The Hall–Kier alpha value is -3.83. The van der Waals surface area contributed by atoms with Crippen molar-refractivity contribution in [3.8, 4) is 0 Å². The van der Waals surface area contributed by atoms with Crippen LogP contribution in [0.5, 0.6) is 0 Å². The van der Waals surface area contributed by atoms with Gasteiger partial charge in [-0.3, -0.25) is 14.8 Å². The molecule has 0 fully saturated rings. The molecule has 0 spiro atoms. The van der Waals surface area contributed by atoms with E-state index >= 15 is 0 Å². The number of aromatic nitrogens is 2. The summed E-state index contributed by atoms with van der Waals surface area (Å²) in [4.78, 5) is 21.5. The second-order valence-electron chi connectivity index (χ2n) is 7.32. The topological polar surface area (TPSA) is 75.1 Å². The first-order valence-electron chi connectivity index (χ1n) is 10.1. The van der Waals surface area contributed by atoms with Crippen LogP contribution in [0, 0.1) is 0 Å². The van der Waals surface area contributed by atoms with Crippen molar-refractivity contribution < 1.29 is 9.90 Å². The van der Waals surface area contributed by atoms with E-state index in [1.54, 1.807) is 49.1 Å². The second kappa shape index (κ2) is 9.32. The Balaban J connectivity index is 1.79. The van der Waals surface area contributed by atoms with Gasteiger partial charge in [-0.2, -0.15) is 0 Å². The minimum atomic E-state index is -1.57. The van der Waals surface area contributed by atoms with Gasteiger partial charge < -0.3 is 10.4 Å². The number of nitrogens with zero attached hydrogens (tertiary/aromatic N) is 2. The van der Waals surface area contributed by atoms with Crippen molar-refractivity contribution in [2.45, 2.75) is 18.1 Å². The number of benzene rings is 2. The summed E-state index contributed by atoms with van der Waals surface area (Å²) in [7, 11) is 0. The summed E-state index contributed by atoms with van der Waals surface area (Å²) in [6.45, 7) is 0. The number of amides is 1. The quantitative estimate of drug-likeness (QED) is 0.487. The number of hydrogen-bond donors (Lipinski definition) is 2. The normalized spacial score (nSPS) is 12.2. The van der Waals surface area contributed by atoms with Crippen LogP contribution >= 0.6 is 0 Å². The van der Waals surface area contributed by atoms with Gasteiger partial charge in [0.25, 0.3) is 0 Å². The summed E-state index contributed by atoms with van der Waals surface area (Å²) >= 11 is 0. The first-order valence-corrected chi connectivity index (χ1v) is 10.1. The zero-order valence-corrected chi connectivity index (χ0v) is 16.9. The Morgan fingerprint density at radius 3 is 1.87 bits per heavy atom. The van der Waals surface area contributed by atoms with Crippen molar-refractivity contribution in [3.05, 3.63) is 132 Å². The maximum atomic E-state index is 13.1. The van der Waals surface area contributed by atoms with Crippen LogP contribution in [0.1, 0.15) is 28.3 Å². The molecule has 0 saturated carbocycles. The predicted octanol–water partition coefficient (Wildman–Crippen LogP) is 3.81. The largest absolute Gasteiger partial charge is 0.378 e. The minimum Gasteiger partial charge on any atom is -0.378 e. The summed E-state index contributed by atoms with van der Waals surface area (Å²) < 4.78 is 0. The maximum absolute atomic E-state index is 13.1. The van der Waals surface area contributed by atoms with Gasteiger partial charge in [0.1, 0.15) is 5.60 Å². The van der Waals surface area contributed by atoms with E-state index in [4.69, 9.17) is 0 Å². The SMILES string of the molecule is O=C(Cc1ccccc1)NC(c1ccccc1)C(O)(c1cccnc1)c1cccnc1. The molecule has 0 bridgehead atoms. The van der Waals surface area contributed by atoms with Crippen molar-refractivity contribution in [2.75, 3.05) is 0 Å². The second-order valence-corrected chi connectivity index (χ2v) is 7.32. The van der Waals surface area contributed by atoms with E-state index in [9.17, 15) is 9.90 Å². The molecule has 5 nitrogen and oxygen atoms in total. The van der Waals surface area contributed by atoms with Crippen LogP contribution in [-0.4, -0.2) is 21.0 Å². The molecule has 1 atom stereocenters. The fourth-order valence-corrected chi connectivity index (χ4v) is 3.74. The van der Waals surface area contributed by atoms with Gasteiger partial charge in [0.05, 0.1) is 12.5 Å². The van der Waals surface area contributed by atoms with Gasteiger partial charge >= 0.3 is 0 Å². The molecular formula is C26H23N3O2. The lowest BCUT2D eigenvalue weighted by Crippen LogP contribution is -2.45. The Kier molecular flexibility index (Phi) is 6.15. The van der Waals surface area contributed by atoms with Crippen LogP contribution < -0.4 is 5.32 Å². The third kappa shape index (κ3) is 4.52. The van der Waals surface area contributed by atoms with Gasteiger partial charge in [0.15, 0.2) is 0 Å². The average molecular weight is 409 g/mol. The smallest absolute Gasteiger partial charge is 0.225 e. The van der Waals surface area contributed by atoms with Crippen molar-refractivity contribution in [3.63, 3.8) is 0 Å². The van der Waals surface area contributed by atoms with E-state index in [0.29, 0.717) is 11.1 Å². The van der Waals surface area contributed by atoms with E-state index in [1.165, 1.54) is 0 Å². The van der Waals surface area contributed by atoms with Crippen molar-refractivity contribution in [2.24, 2.45) is 0 Å². The summed E-state index contributed by atoms with van der Waals surface area (Å²) in [5.74, 6) is -0.189. The average Bonchev–Trinajstić information content (AvgIpc) is 2.84. The highest BCUT2D eigenvalue weighted by Crippen LogP contribution is 2.40. The van der Waals surface area contributed by atoms with E-state index < -0.39 is 11.6 Å².